The van der Waals surface area contributed by atoms with Crippen LogP contribution in [0.25, 0.3) is 0 Å². The molecule has 1 aliphatic rings. The fraction of sp³-hybridized carbons (Fsp3) is 0.588. The molecule has 1 aromatic carbocycles. The highest BCUT2D eigenvalue weighted by molar-refractivity contribution is 7.89. The second-order valence-corrected chi connectivity index (χ2v) is 8.27. The number of carbonyl (C=O) groups excluding carboxylic acids is 1. The lowest BCUT2D eigenvalue weighted by atomic mass is 9.99. The predicted molar refractivity (Wildman–Crippen MR) is 92.8 cm³/mol. The molecule has 1 N–H and O–H groups in total. The molecule has 1 amide bonds. The molecule has 1 fully saturated rings. The van der Waals surface area contributed by atoms with Crippen molar-refractivity contribution in [3.8, 4) is 0 Å². The first-order valence-corrected chi connectivity index (χ1v) is 10.1. The van der Waals surface area contributed by atoms with Crippen LogP contribution >= 0.6 is 0 Å². The van der Waals surface area contributed by atoms with Gasteiger partial charge >= 0.3 is 6.18 Å². The number of sulfonamides is 1. The number of ether oxygens (including phenoxy) is 1. The van der Waals surface area contributed by atoms with Gasteiger partial charge in [0, 0.05) is 31.9 Å². The highest BCUT2D eigenvalue weighted by atomic mass is 32.2. The van der Waals surface area contributed by atoms with Gasteiger partial charge in [-0.25, -0.2) is 8.42 Å². The second-order valence-electron chi connectivity index (χ2n) is 6.33. The molecule has 27 heavy (non-hydrogen) atoms. The van der Waals surface area contributed by atoms with Crippen molar-refractivity contribution in [2.75, 3.05) is 32.8 Å². The second kappa shape index (κ2) is 9.03. The normalized spacial score (nSPS) is 17.0. The molecular weight excluding hydrogens is 385 g/mol. The van der Waals surface area contributed by atoms with Gasteiger partial charge in [-0.2, -0.15) is 17.5 Å². The first-order chi connectivity index (χ1) is 12.6. The summed E-state index contributed by atoms with van der Waals surface area (Å²) in [6.07, 6.45) is -3.19. The van der Waals surface area contributed by atoms with Crippen LogP contribution in [0.15, 0.2) is 29.2 Å². The standard InChI is InChI=1S/C17H23F3N2O4S/c1-2-26-11-13-6-8-22(9-7-13)27(24,25)15-5-3-4-14(10-15)16(23)21-12-17(18,19)20/h3-5,10,13H,2,6-9,11-12H2,1H3,(H,21,23). The number of nitrogens with zero attached hydrogens (tertiary/aromatic N) is 1. The first kappa shape index (κ1) is 21.6. The molecule has 0 aromatic heterocycles. The minimum absolute atomic E-state index is 0.106. The zero-order valence-corrected chi connectivity index (χ0v) is 15.8. The Morgan fingerprint density at radius 3 is 2.56 bits per heavy atom. The zero-order chi connectivity index (χ0) is 20.1. The van der Waals surface area contributed by atoms with Crippen LogP contribution in [0.2, 0.25) is 0 Å². The number of rotatable bonds is 7. The first-order valence-electron chi connectivity index (χ1n) is 8.66. The Bertz CT molecular complexity index is 745. The van der Waals surface area contributed by atoms with Crippen LogP contribution < -0.4 is 5.32 Å². The molecule has 0 radical (unpaired) electrons. The molecule has 0 bridgehead atoms. The Morgan fingerprint density at radius 2 is 1.96 bits per heavy atom. The maximum Gasteiger partial charge on any atom is 0.405 e. The molecule has 0 saturated carbocycles. The molecule has 1 saturated heterocycles. The minimum Gasteiger partial charge on any atom is -0.381 e. The summed E-state index contributed by atoms with van der Waals surface area (Å²) in [5.74, 6) is -0.671. The predicted octanol–water partition coefficient (Wildman–Crippen LogP) is 2.42. The quantitative estimate of drug-likeness (QED) is 0.752. The Balaban J connectivity index is 2.05. The van der Waals surface area contributed by atoms with E-state index < -0.39 is 28.7 Å². The molecule has 0 atom stereocenters. The van der Waals surface area contributed by atoms with Crippen molar-refractivity contribution >= 4 is 15.9 Å². The van der Waals surface area contributed by atoms with Crippen LogP contribution in [0.4, 0.5) is 13.2 Å². The number of halogens is 3. The third kappa shape index (κ3) is 6.18. The summed E-state index contributed by atoms with van der Waals surface area (Å²) in [6, 6.07) is 5.06. The van der Waals surface area contributed by atoms with Gasteiger partial charge in [0.15, 0.2) is 0 Å². The van der Waals surface area contributed by atoms with Crippen LogP contribution in [-0.4, -0.2) is 57.7 Å². The van der Waals surface area contributed by atoms with E-state index >= 15 is 0 Å². The Hall–Kier alpha value is -1.65. The highest BCUT2D eigenvalue weighted by Crippen LogP contribution is 2.24. The van der Waals surface area contributed by atoms with Gasteiger partial charge in [-0.05, 0) is 43.9 Å². The van der Waals surface area contributed by atoms with Crippen molar-refractivity contribution in [1.82, 2.24) is 9.62 Å². The Kier molecular flexibility index (Phi) is 7.24. The Labute approximate surface area is 156 Å². The van der Waals surface area contributed by atoms with E-state index in [4.69, 9.17) is 4.74 Å². The van der Waals surface area contributed by atoms with Crippen LogP contribution in [-0.2, 0) is 14.8 Å². The van der Waals surface area contributed by atoms with Gasteiger partial charge in [-0.3, -0.25) is 4.79 Å². The monoisotopic (exact) mass is 408 g/mol. The molecule has 1 heterocycles. The van der Waals surface area contributed by atoms with Crippen molar-refractivity contribution in [1.29, 1.82) is 0 Å². The fourth-order valence-electron chi connectivity index (χ4n) is 2.83. The summed E-state index contributed by atoms with van der Waals surface area (Å²) in [5.41, 5.74) is -0.133. The van der Waals surface area contributed by atoms with E-state index in [-0.39, 0.29) is 10.5 Å². The lowest BCUT2D eigenvalue weighted by Gasteiger charge is -2.31. The summed E-state index contributed by atoms with van der Waals surface area (Å²) >= 11 is 0. The van der Waals surface area contributed by atoms with Gasteiger partial charge < -0.3 is 10.1 Å². The number of piperidine rings is 1. The SMILES string of the molecule is CCOCC1CCN(S(=O)(=O)c2cccc(C(=O)NCC(F)(F)F)c2)CC1. The van der Waals surface area contributed by atoms with Crippen molar-refractivity contribution in [2.45, 2.75) is 30.8 Å². The number of carbonyl (C=O) groups is 1. The third-order valence-electron chi connectivity index (χ3n) is 4.31. The van der Waals surface area contributed by atoms with Crippen LogP contribution in [0.1, 0.15) is 30.1 Å². The minimum atomic E-state index is -4.54. The molecule has 1 aliphatic heterocycles. The largest absolute Gasteiger partial charge is 0.405 e. The molecule has 152 valence electrons. The fourth-order valence-corrected chi connectivity index (χ4v) is 4.35. The van der Waals surface area contributed by atoms with Crippen LogP contribution in [0.3, 0.4) is 0 Å². The molecular formula is C17H23F3N2O4S. The third-order valence-corrected chi connectivity index (χ3v) is 6.21. The van der Waals surface area contributed by atoms with Gasteiger partial charge in [0.25, 0.3) is 5.91 Å². The van der Waals surface area contributed by atoms with Gasteiger partial charge in [-0.1, -0.05) is 6.07 Å². The molecule has 10 heteroatoms. The van der Waals surface area contributed by atoms with E-state index in [1.54, 1.807) is 5.32 Å². The van der Waals surface area contributed by atoms with Gasteiger partial charge in [-0.15, -0.1) is 0 Å². The van der Waals surface area contributed by atoms with Gasteiger partial charge in [0.1, 0.15) is 6.54 Å². The maximum absolute atomic E-state index is 12.8. The molecule has 0 aliphatic carbocycles. The van der Waals surface area contributed by atoms with Gasteiger partial charge in [0.2, 0.25) is 10.0 Å². The number of alkyl halides is 3. The maximum atomic E-state index is 12.8. The lowest BCUT2D eigenvalue weighted by molar-refractivity contribution is -0.123. The van der Waals surface area contributed by atoms with Crippen molar-refractivity contribution in [3.63, 3.8) is 0 Å². The molecule has 0 spiro atoms. The number of amides is 1. The number of hydrogen-bond donors (Lipinski definition) is 1. The molecule has 1 aromatic rings. The highest BCUT2D eigenvalue weighted by Gasteiger charge is 2.31. The summed E-state index contributed by atoms with van der Waals surface area (Å²) < 4.78 is 69.0. The average molecular weight is 408 g/mol. The van der Waals surface area contributed by atoms with E-state index in [9.17, 15) is 26.4 Å². The summed E-state index contributed by atoms with van der Waals surface area (Å²) in [5, 5.41) is 1.74. The average Bonchev–Trinajstić information content (AvgIpc) is 2.64. The van der Waals surface area contributed by atoms with Crippen LogP contribution in [0.5, 0.6) is 0 Å². The van der Waals surface area contributed by atoms with Gasteiger partial charge in [0.05, 0.1) is 4.90 Å². The summed E-state index contributed by atoms with van der Waals surface area (Å²) in [4.78, 5) is 11.8. The Morgan fingerprint density at radius 1 is 1.30 bits per heavy atom. The molecule has 2 rings (SSSR count). The lowest BCUT2D eigenvalue weighted by Crippen LogP contribution is -2.39. The number of benzene rings is 1. The molecule has 6 nitrogen and oxygen atoms in total. The number of hydrogen-bond acceptors (Lipinski definition) is 4. The number of nitrogens with one attached hydrogen (secondary N) is 1. The molecule has 0 unspecified atom stereocenters. The summed E-state index contributed by atoms with van der Waals surface area (Å²) in [6.45, 7) is 2.31. The van der Waals surface area contributed by atoms with E-state index in [2.05, 4.69) is 0 Å². The van der Waals surface area contributed by atoms with E-state index in [1.807, 2.05) is 6.92 Å². The van der Waals surface area contributed by atoms with Crippen molar-refractivity contribution in [2.24, 2.45) is 5.92 Å². The van der Waals surface area contributed by atoms with E-state index in [0.717, 1.165) is 6.07 Å². The smallest absolute Gasteiger partial charge is 0.381 e. The van der Waals surface area contributed by atoms with Crippen molar-refractivity contribution < 1.29 is 31.1 Å². The van der Waals surface area contributed by atoms with E-state index in [0.29, 0.717) is 45.1 Å². The van der Waals surface area contributed by atoms with Crippen LogP contribution in [0, 0.1) is 5.92 Å². The van der Waals surface area contributed by atoms with E-state index in [1.165, 1.54) is 22.5 Å². The zero-order valence-electron chi connectivity index (χ0n) is 15.0. The van der Waals surface area contributed by atoms with Crippen molar-refractivity contribution in [3.05, 3.63) is 29.8 Å². The topological polar surface area (TPSA) is 75.7 Å². The summed E-state index contributed by atoms with van der Waals surface area (Å²) in [7, 11) is -3.82.